The van der Waals surface area contributed by atoms with E-state index in [2.05, 4.69) is 31.1 Å². The Kier molecular flexibility index (Phi) is 4.56. The highest BCUT2D eigenvalue weighted by Crippen LogP contribution is 2.24. The number of hydrogen-bond donors (Lipinski definition) is 2. The number of rotatable bonds is 3. The van der Waals surface area contributed by atoms with Gasteiger partial charge >= 0.3 is 0 Å². The lowest BCUT2D eigenvalue weighted by atomic mass is 9.96. The van der Waals surface area contributed by atoms with E-state index in [1.165, 1.54) is 0 Å². The van der Waals surface area contributed by atoms with Gasteiger partial charge in [0.1, 0.15) is 5.92 Å². The van der Waals surface area contributed by atoms with E-state index in [0.29, 0.717) is 6.42 Å². The summed E-state index contributed by atoms with van der Waals surface area (Å²) in [6.07, 6.45) is 0.344. The predicted octanol–water partition coefficient (Wildman–Crippen LogP) is 2.55. The molecule has 1 aliphatic heterocycles. The third kappa shape index (κ3) is 3.14. The number of aromatic nitrogens is 1. The predicted molar refractivity (Wildman–Crippen MR) is 99.0 cm³/mol. The normalized spacial score (nSPS) is 15.4. The molecule has 1 aromatic carbocycles. The molecule has 24 heavy (non-hydrogen) atoms. The van der Waals surface area contributed by atoms with Crippen molar-refractivity contribution >= 4 is 45.1 Å². The van der Waals surface area contributed by atoms with Crippen LogP contribution in [0.1, 0.15) is 17.0 Å². The summed E-state index contributed by atoms with van der Waals surface area (Å²) in [5.74, 6) is -1.47. The largest absolute Gasteiger partial charge is 0.318 e. The molecule has 7 heteroatoms. The zero-order valence-electron chi connectivity index (χ0n) is 13.2. The van der Waals surface area contributed by atoms with Gasteiger partial charge in [0.2, 0.25) is 11.8 Å². The molecule has 1 fully saturated rings. The highest BCUT2D eigenvalue weighted by molar-refractivity contribution is 9.10. The number of thiocarbonyl (C=S) groups is 1. The van der Waals surface area contributed by atoms with Crippen LogP contribution in [0.4, 0.5) is 0 Å². The van der Waals surface area contributed by atoms with E-state index in [1.54, 1.807) is 0 Å². The Hall–Kier alpha value is -1.99. The third-order valence-corrected chi connectivity index (χ3v) is 4.88. The standard InChI is InChI=1S/C17H16BrN3O2S/c1-9-7-11(8-14-15(22)19-17(24)20-16(14)23)10(2)21(9)13-5-3-12(18)4-6-13/h3-7,14H,8H2,1-2H3,(H2,19,20,22,23,24). The van der Waals surface area contributed by atoms with Crippen LogP contribution in [0.3, 0.4) is 0 Å². The lowest BCUT2D eigenvalue weighted by Gasteiger charge is -2.22. The summed E-state index contributed by atoms with van der Waals surface area (Å²) in [7, 11) is 0. The van der Waals surface area contributed by atoms with Gasteiger partial charge in [-0.2, -0.15) is 0 Å². The summed E-state index contributed by atoms with van der Waals surface area (Å²) in [4.78, 5) is 24.1. The maximum atomic E-state index is 12.1. The fourth-order valence-electron chi connectivity index (χ4n) is 2.98. The van der Waals surface area contributed by atoms with Gasteiger partial charge in [-0.25, -0.2) is 0 Å². The molecule has 1 aromatic heterocycles. The Morgan fingerprint density at radius 3 is 2.29 bits per heavy atom. The first kappa shape index (κ1) is 16.9. The molecule has 0 unspecified atom stereocenters. The maximum Gasteiger partial charge on any atom is 0.239 e. The molecule has 0 aliphatic carbocycles. The first-order valence-electron chi connectivity index (χ1n) is 7.46. The van der Waals surface area contributed by atoms with Crippen LogP contribution in [-0.4, -0.2) is 21.5 Å². The number of benzene rings is 1. The van der Waals surface area contributed by atoms with Crippen LogP contribution in [0.25, 0.3) is 5.69 Å². The number of amides is 2. The number of nitrogens with one attached hydrogen (secondary N) is 2. The molecule has 0 radical (unpaired) electrons. The number of halogens is 1. The Balaban J connectivity index is 1.92. The molecule has 2 amide bonds. The second-order valence-corrected chi connectivity index (χ2v) is 7.10. The first-order chi connectivity index (χ1) is 11.4. The van der Waals surface area contributed by atoms with E-state index >= 15 is 0 Å². The van der Waals surface area contributed by atoms with Gasteiger partial charge in [-0.3, -0.25) is 9.59 Å². The number of nitrogens with zero attached hydrogens (tertiary/aromatic N) is 1. The molecule has 0 atom stereocenters. The molecule has 3 rings (SSSR count). The van der Waals surface area contributed by atoms with Crippen LogP contribution in [-0.2, 0) is 16.0 Å². The average molecular weight is 406 g/mol. The van der Waals surface area contributed by atoms with Crippen molar-refractivity contribution in [1.29, 1.82) is 0 Å². The minimum atomic E-state index is -0.768. The van der Waals surface area contributed by atoms with Crippen LogP contribution in [0.5, 0.6) is 0 Å². The molecule has 2 aromatic rings. The van der Waals surface area contributed by atoms with Gasteiger partial charge in [0.05, 0.1) is 0 Å². The smallest absolute Gasteiger partial charge is 0.239 e. The van der Waals surface area contributed by atoms with Gasteiger partial charge in [-0.15, -0.1) is 0 Å². The Labute approximate surface area is 153 Å². The summed E-state index contributed by atoms with van der Waals surface area (Å²) in [5, 5.41) is 5.09. The molecule has 1 aliphatic rings. The Morgan fingerprint density at radius 1 is 1.12 bits per heavy atom. The van der Waals surface area contributed by atoms with Crippen molar-refractivity contribution in [3.05, 3.63) is 51.8 Å². The minimum Gasteiger partial charge on any atom is -0.318 e. The van der Waals surface area contributed by atoms with Crippen molar-refractivity contribution < 1.29 is 9.59 Å². The van der Waals surface area contributed by atoms with Crippen LogP contribution >= 0.6 is 28.1 Å². The second-order valence-electron chi connectivity index (χ2n) is 5.77. The molecule has 0 saturated carbocycles. The molecule has 1 saturated heterocycles. The van der Waals surface area contributed by atoms with Crippen LogP contribution in [0, 0.1) is 19.8 Å². The van der Waals surface area contributed by atoms with E-state index in [-0.39, 0.29) is 16.9 Å². The van der Waals surface area contributed by atoms with E-state index < -0.39 is 5.92 Å². The van der Waals surface area contributed by atoms with Gasteiger partial charge in [0, 0.05) is 21.5 Å². The monoisotopic (exact) mass is 405 g/mol. The topological polar surface area (TPSA) is 63.1 Å². The average Bonchev–Trinajstić information content (AvgIpc) is 2.78. The van der Waals surface area contributed by atoms with Gasteiger partial charge in [-0.1, -0.05) is 15.9 Å². The number of carbonyl (C=O) groups excluding carboxylic acids is 2. The van der Waals surface area contributed by atoms with Crippen LogP contribution < -0.4 is 10.6 Å². The molecule has 0 bridgehead atoms. The molecule has 2 heterocycles. The number of aryl methyl sites for hydroxylation is 1. The van der Waals surface area contributed by atoms with Crippen molar-refractivity contribution in [3.63, 3.8) is 0 Å². The Morgan fingerprint density at radius 2 is 1.71 bits per heavy atom. The molecule has 5 nitrogen and oxygen atoms in total. The van der Waals surface area contributed by atoms with Gasteiger partial charge in [0.25, 0.3) is 0 Å². The lowest BCUT2D eigenvalue weighted by molar-refractivity contribution is -0.135. The lowest BCUT2D eigenvalue weighted by Crippen LogP contribution is -2.56. The Bertz CT molecular complexity index is 822. The second kappa shape index (κ2) is 6.49. The van der Waals surface area contributed by atoms with E-state index in [1.807, 2.05) is 44.2 Å². The van der Waals surface area contributed by atoms with Crippen molar-refractivity contribution in [2.75, 3.05) is 0 Å². The van der Waals surface area contributed by atoms with Gasteiger partial charge in [-0.05, 0) is 68.4 Å². The molecule has 2 N–H and O–H groups in total. The van der Waals surface area contributed by atoms with Crippen molar-refractivity contribution in [1.82, 2.24) is 15.2 Å². The van der Waals surface area contributed by atoms with Gasteiger partial charge < -0.3 is 15.2 Å². The van der Waals surface area contributed by atoms with Crippen molar-refractivity contribution in [2.24, 2.45) is 5.92 Å². The fraction of sp³-hybridized carbons (Fsp3) is 0.235. The summed E-state index contributed by atoms with van der Waals surface area (Å²) in [6.45, 7) is 4.00. The SMILES string of the molecule is Cc1cc(CC2C(=O)NC(=S)NC2=O)c(C)n1-c1ccc(Br)cc1. The van der Waals surface area contributed by atoms with Crippen LogP contribution in [0.15, 0.2) is 34.8 Å². The van der Waals surface area contributed by atoms with E-state index in [0.717, 1.165) is 27.1 Å². The molecule has 0 spiro atoms. The quantitative estimate of drug-likeness (QED) is 0.609. The molecular formula is C17H16BrN3O2S. The van der Waals surface area contributed by atoms with E-state index in [9.17, 15) is 9.59 Å². The summed E-state index contributed by atoms with van der Waals surface area (Å²) in [6, 6.07) is 10.0. The number of carbonyl (C=O) groups is 2. The highest BCUT2D eigenvalue weighted by atomic mass is 79.9. The van der Waals surface area contributed by atoms with E-state index in [4.69, 9.17) is 12.2 Å². The van der Waals surface area contributed by atoms with Crippen molar-refractivity contribution in [3.8, 4) is 5.69 Å². The zero-order chi connectivity index (χ0) is 17.4. The minimum absolute atomic E-state index is 0.0709. The van der Waals surface area contributed by atoms with Crippen LogP contribution in [0.2, 0.25) is 0 Å². The van der Waals surface area contributed by atoms with Gasteiger partial charge in [0.15, 0.2) is 5.11 Å². The zero-order valence-corrected chi connectivity index (χ0v) is 15.6. The summed E-state index contributed by atoms with van der Waals surface area (Å²) >= 11 is 8.27. The summed E-state index contributed by atoms with van der Waals surface area (Å²) < 4.78 is 3.13. The molecule has 124 valence electrons. The third-order valence-electron chi connectivity index (χ3n) is 4.15. The maximum absolute atomic E-state index is 12.1. The summed E-state index contributed by atoms with van der Waals surface area (Å²) in [5.41, 5.74) is 4.08. The molecular weight excluding hydrogens is 390 g/mol. The number of hydrogen-bond acceptors (Lipinski definition) is 3. The van der Waals surface area contributed by atoms with Crippen molar-refractivity contribution in [2.45, 2.75) is 20.3 Å². The fourth-order valence-corrected chi connectivity index (χ4v) is 3.44. The highest BCUT2D eigenvalue weighted by Gasteiger charge is 2.33. The first-order valence-corrected chi connectivity index (χ1v) is 8.66.